The van der Waals surface area contributed by atoms with Crippen LogP contribution < -0.4 is 10.2 Å². The molecule has 0 spiro atoms. The van der Waals surface area contributed by atoms with Gasteiger partial charge in [-0.1, -0.05) is 0 Å². The zero-order valence-electron chi connectivity index (χ0n) is 13.9. The number of nitrogens with one attached hydrogen (secondary N) is 1. The average molecular weight is 350 g/mol. The van der Waals surface area contributed by atoms with Gasteiger partial charge in [-0.3, -0.25) is 0 Å². The smallest absolute Gasteiger partial charge is 0.338 e. The van der Waals surface area contributed by atoms with Crippen molar-refractivity contribution in [1.82, 2.24) is 15.0 Å². The van der Waals surface area contributed by atoms with Gasteiger partial charge in [-0.15, -0.1) is 0 Å². The summed E-state index contributed by atoms with van der Waals surface area (Å²) in [5.74, 6) is 0.516. The highest BCUT2D eigenvalue weighted by atomic mass is 35.5. The highest BCUT2D eigenvalue weighted by molar-refractivity contribution is 6.28. The van der Waals surface area contributed by atoms with Crippen LogP contribution in [0.2, 0.25) is 5.28 Å². The molecule has 0 saturated carbocycles. The van der Waals surface area contributed by atoms with Crippen LogP contribution in [0, 0.1) is 0 Å². The molecule has 0 saturated heterocycles. The lowest BCUT2D eigenvalue weighted by atomic mass is 10.2. The van der Waals surface area contributed by atoms with Gasteiger partial charge in [0.1, 0.15) is 0 Å². The molecule has 0 aliphatic heterocycles. The third kappa shape index (κ3) is 4.55. The fourth-order valence-corrected chi connectivity index (χ4v) is 2.23. The Morgan fingerprint density at radius 1 is 1.12 bits per heavy atom. The normalized spacial score (nSPS) is 10.3. The molecule has 7 nitrogen and oxygen atoms in total. The van der Waals surface area contributed by atoms with Gasteiger partial charge < -0.3 is 15.0 Å². The molecule has 0 aliphatic rings. The second kappa shape index (κ2) is 8.44. The van der Waals surface area contributed by atoms with E-state index >= 15 is 0 Å². The number of anilines is 3. The number of aromatic nitrogens is 3. The Labute approximate surface area is 146 Å². The summed E-state index contributed by atoms with van der Waals surface area (Å²) in [6.07, 6.45) is 0. The molecule has 0 bridgehead atoms. The van der Waals surface area contributed by atoms with E-state index in [9.17, 15) is 4.79 Å². The minimum absolute atomic E-state index is 0.123. The quantitative estimate of drug-likeness (QED) is 0.768. The van der Waals surface area contributed by atoms with E-state index in [0.717, 1.165) is 18.8 Å². The van der Waals surface area contributed by atoms with Gasteiger partial charge in [0.05, 0.1) is 12.2 Å². The predicted molar refractivity (Wildman–Crippen MR) is 94.1 cm³/mol. The van der Waals surface area contributed by atoms with Crippen LogP contribution in [0.3, 0.4) is 0 Å². The van der Waals surface area contributed by atoms with Crippen molar-refractivity contribution in [2.45, 2.75) is 20.8 Å². The van der Waals surface area contributed by atoms with Crippen molar-refractivity contribution < 1.29 is 9.53 Å². The van der Waals surface area contributed by atoms with Gasteiger partial charge in [-0.2, -0.15) is 15.0 Å². The maximum atomic E-state index is 11.6. The molecular weight excluding hydrogens is 330 g/mol. The van der Waals surface area contributed by atoms with Gasteiger partial charge in [0, 0.05) is 18.8 Å². The fourth-order valence-electron chi connectivity index (χ4n) is 2.08. The van der Waals surface area contributed by atoms with Crippen molar-refractivity contribution >= 4 is 35.2 Å². The standard InChI is InChI=1S/C16H20ClN5O2/c1-4-22(5-2)16-20-14(17)19-15(21-16)18-12-9-7-11(8-10-12)13(23)24-6-3/h7-10H,4-6H2,1-3H3,(H,18,19,20,21). The van der Waals surface area contributed by atoms with E-state index in [1.54, 1.807) is 31.2 Å². The topological polar surface area (TPSA) is 80.2 Å². The summed E-state index contributed by atoms with van der Waals surface area (Å²) in [6, 6.07) is 6.85. The summed E-state index contributed by atoms with van der Waals surface area (Å²) in [5.41, 5.74) is 1.22. The number of hydrogen-bond acceptors (Lipinski definition) is 7. The molecule has 1 aromatic carbocycles. The summed E-state index contributed by atoms with van der Waals surface area (Å²) in [7, 11) is 0. The van der Waals surface area contributed by atoms with E-state index in [0.29, 0.717) is 24.1 Å². The molecule has 0 radical (unpaired) electrons. The first-order valence-corrected chi connectivity index (χ1v) is 8.15. The molecule has 2 aromatic rings. The molecule has 8 heteroatoms. The Kier molecular flexibility index (Phi) is 6.31. The minimum atomic E-state index is -0.351. The summed E-state index contributed by atoms with van der Waals surface area (Å²) in [5, 5.41) is 3.18. The van der Waals surface area contributed by atoms with Crippen molar-refractivity contribution in [3.05, 3.63) is 35.1 Å². The first-order chi connectivity index (χ1) is 11.6. The molecule has 24 heavy (non-hydrogen) atoms. The van der Waals surface area contributed by atoms with Crippen LogP contribution >= 0.6 is 11.6 Å². The summed E-state index contributed by atoms with van der Waals surface area (Å²) >= 11 is 5.99. The van der Waals surface area contributed by atoms with Crippen molar-refractivity contribution in [2.24, 2.45) is 0 Å². The average Bonchev–Trinajstić information content (AvgIpc) is 2.56. The summed E-state index contributed by atoms with van der Waals surface area (Å²) in [6.45, 7) is 7.68. The molecule has 0 unspecified atom stereocenters. The zero-order valence-corrected chi connectivity index (χ0v) is 14.7. The molecule has 0 fully saturated rings. The van der Waals surface area contributed by atoms with Crippen LogP contribution in [0.15, 0.2) is 24.3 Å². The Bertz CT molecular complexity index is 689. The second-order valence-electron chi connectivity index (χ2n) is 4.82. The third-order valence-corrected chi connectivity index (χ3v) is 3.46. The predicted octanol–water partition coefficient (Wildman–Crippen LogP) is 3.29. The number of carbonyl (C=O) groups is 1. The third-order valence-electron chi connectivity index (χ3n) is 3.29. The van der Waals surface area contributed by atoms with Crippen LogP contribution in [-0.2, 0) is 4.74 Å². The summed E-state index contributed by atoms with van der Waals surface area (Å²) < 4.78 is 4.95. The first-order valence-electron chi connectivity index (χ1n) is 7.78. The molecule has 0 atom stereocenters. The van der Waals surface area contributed by atoms with E-state index in [2.05, 4.69) is 20.3 Å². The number of carbonyl (C=O) groups excluding carboxylic acids is 1. The van der Waals surface area contributed by atoms with Crippen molar-refractivity contribution in [1.29, 1.82) is 0 Å². The van der Waals surface area contributed by atoms with Crippen LogP contribution in [0.4, 0.5) is 17.6 Å². The number of nitrogens with zero attached hydrogens (tertiary/aromatic N) is 4. The highest BCUT2D eigenvalue weighted by Gasteiger charge is 2.11. The maximum Gasteiger partial charge on any atom is 0.338 e. The van der Waals surface area contributed by atoms with Crippen molar-refractivity contribution in [3.8, 4) is 0 Å². The van der Waals surface area contributed by atoms with E-state index in [1.807, 2.05) is 18.7 Å². The van der Waals surface area contributed by atoms with Crippen LogP contribution in [0.25, 0.3) is 0 Å². The molecule has 0 amide bonds. The molecular formula is C16H20ClN5O2. The maximum absolute atomic E-state index is 11.6. The number of hydrogen-bond donors (Lipinski definition) is 1. The highest BCUT2D eigenvalue weighted by Crippen LogP contribution is 2.18. The number of esters is 1. The van der Waals surface area contributed by atoms with E-state index in [1.165, 1.54) is 0 Å². The van der Waals surface area contributed by atoms with E-state index < -0.39 is 0 Å². The van der Waals surface area contributed by atoms with Gasteiger partial charge >= 0.3 is 5.97 Å². The van der Waals surface area contributed by atoms with Crippen molar-refractivity contribution in [2.75, 3.05) is 29.9 Å². The van der Waals surface area contributed by atoms with Crippen LogP contribution in [0.1, 0.15) is 31.1 Å². The SMILES string of the molecule is CCOC(=O)c1ccc(Nc2nc(Cl)nc(N(CC)CC)n2)cc1. The Balaban J connectivity index is 2.17. The van der Waals surface area contributed by atoms with E-state index in [4.69, 9.17) is 16.3 Å². The largest absolute Gasteiger partial charge is 0.462 e. The van der Waals surface area contributed by atoms with Crippen LogP contribution in [0.5, 0.6) is 0 Å². The van der Waals surface area contributed by atoms with Gasteiger partial charge in [-0.05, 0) is 56.6 Å². The fraction of sp³-hybridized carbons (Fsp3) is 0.375. The molecule has 1 N–H and O–H groups in total. The van der Waals surface area contributed by atoms with Gasteiger partial charge in [0.25, 0.3) is 0 Å². The molecule has 2 rings (SSSR count). The van der Waals surface area contributed by atoms with Crippen LogP contribution in [-0.4, -0.2) is 40.6 Å². The van der Waals surface area contributed by atoms with Crippen molar-refractivity contribution in [3.63, 3.8) is 0 Å². The number of halogens is 1. The zero-order chi connectivity index (χ0) is 17.5. The number of ether oxygens (including phenoxy) is 1. The molecule has 1 aromatic heterocycles. The first kappa shape index (κ1) is 17.9. The Hall–Kier alpha value is -2.41. The lowest BCUT2D eigenvalue weighted by molar-refractivity contribution is 0.0526. The lowest BCUT2D eigenvalue weighted by Crippen LogP contribution is -2.24. The second-order valence-corrected chi connectivity index (χ2v) is 5.16. The molecule has 1 heterocycles. The number of rotatable bonds is 7. The molecule has 128 valence electrons. The summed E-state index contributed by atoms with van der Waals surface area (Å²) in [4.78, 5) is 26.2. The monoisotopic (exact) mass is 349 g/mol. The van der Waals surface area contributed by atoms with Gasteiger partial charge in [-0.25, -0.2) is 4.79 Å². The Morgan fingerprint density at radius 3 is 2.38 bits per heavy atom. The van der Waals surface area contributed by atoms with Gasteiger partial charge in [0.2, 0.25) is 17.2 Å². The van der Waals surface area contributed by atoms with E-state index in [-0.39, 0.29) is 11.3 Å². The lowest BCUT2D eigenvalue weighted by Gasteiger charge is -2.18. The Morgan fingerprint density at radius 2 is 1.79 bits per heavy atom. The molecule has 0 aliphatic carbocycles. The minimum Gasteiger partial charge on any atom is -0.462 e. The number of benzene rings is 1. The van der Waals surface area contributed by atoms with Gasteiger partial charge in [0.15, 0.2) is 0 Å².